The number of ether oxygens (including phenoxy) is 2. The fourth-order valence-electron chi connectivity index (χ4n) is 2.20. The smallest absolute Gasteiger partial charge is 0.162 e. The highest BCUT2D eigenvalue weighted by Crippen LogP contribution is 2.23. The molecule has 1 aromatic carbocycles. The van der Waals surface area contributed by atoms with Crippen molar-refractivity contribution < 1.29 is 13.9 Å². The van der Waals surface area contributed by atoms with E-state index in [2.05, 4.69) is 9.97 Å². The van der Waals surface area contributed by atoms with E-state index in [0.717, 1.165) is 16.7 Å². The third-order valence-corrected chi connectivity index (χ3v) is 3.26. The molecule has 5 nitrogen and oxygen atoms in total. The van der Waals surface area contributed by atoms with E-state index >= 15 is 0 Å². The molecule has 0 atom stereocenters. The number of nitrogens with zero attached hydrogens (tertiary/aromatic N) is 3. The molecule has 2 aromatic heterocycles. The Bertz CT molecular complexity index is 756. The van der Waals surface area contributed by atoms with Crippen LogP contribution in [0, 0.1) is 5.82 Å². The average Bonchev–Trinajstić information content (AvgIpc) is 2.91. The number of hydrogen-bond acceptors (Lipinski definition) is 4. The van der Waals surface area contributed by atoms with Crippen LogP contribution in [-0.2, 0) is 16.2 Å². The second kappa shape index (κ2) is 6.64. The number of aromatic nitrogens is 3. The predicted octanol–water partition coefficient (Wildman–Crippen LogP) is 2.86. The maximum absolute atomic E-state index is 13.1. The molecule has 0 N–H and O–H groups in total. The summed E-state index contributed by atoms with van der Waals surface area (Å²) < 4.78 is 25.6. The maximum Gasteiger partial charge on any atom is 0.162 e. The lowest BCUT2D eigenvalue weighted by molar-refractivity contribution is 0.0363. The van der Waals surface area contributed by atoms with Gasteiger partial charge in [0.1, 0.15) is 23.9 Å². The summed E-state index contributed by atoms with van der Waals surface area (Å²) in [6.45, 7) is 1.31. The van der Waals surface area contributed by atoms with Crippen molar-refractivity contribution in [3.8, 4) is 11.4 Å². The summed E-state index contributed by atoms with van der Waals surface area (Å²) in [6.07, 6.45) is 1.71. The van der Waals surface area contributed by atoms with Crippen molar-refractivity contribution in [1.29, 1.82) is 0 Å². The van der Waals surface area contributed by atoms with Crippen molar-refractivity contribution in [3.63, 3.8) is 0 Å². The first-order valence-electron chi connectivity index (χ1n) is 6.93. The van der Waals surface area contributed by atoms with E-state index in [-0.39, 0.29) is 5.82 Å². The number of methoxy groups -OCH3 is 1. The van der Waals surface area contributed by atoms with E-state index in [1.807, 2.05) is 16.7 Å². The summed E-state index contributed by atoms with van der Waals surface area (Å²) in [5.74, 6) is 0.423. The molecule has 2 heterocycles. The number of halogens is 1. The number of hydrogen-bond donors (Lipinski definition) is 0. The Morgan fingerprint density at radius 3 is 2.73 bits per heavy atom. The van der Waals surface area contributed by atoms with E-state index in [4.69, 9.17) is 9.47 Å². The first-order valence-corrected chi connectivity index (χ1v) is 6.93. The topological polar surface area (TPSA) is 49.2 Å². The van der Waals surface area contributed by atoms with Crippen molar-refractivity contribution in [2.24, 2.45) is 0 Å². The molecule has 0 aliphatic carbocycles. The summed E-state index contributed by atoms with van der Waals surface area (Å²) in [5.41, 5.74) is 2.33. The standard InChI is InChI=1S/C16H16FN3O2/c1-21-9-10-22-11-20-15(12-4-6-13(17)7-5-12)19-14-3-2-8-18-16(14)20/h2-8H,9-11H2,1H3. The molecule has 0 radical (unpaired) electrons. The zero-order valence-corrected chi connectivity index (χ0v) is 12.2. The lowest BCUT2D eigenvalue weighted by atomic mass is 10.2. The maximum atomic E-state index is 13.1. The number of pyridine rings is 1. The molecule has 6 heteroatoms. The van der Waals surface area contributed by atoms with Crippen LogP contribution in [-0.4, -0.2) is 34.9 Å². The highest BCUT2D eigenvalue weighted by atomic mass is 19.1. The zero-order valence-electron chi connectivity index (χ0n) is 12.2. The summed E-state index contributed by atoms with van der Waals surface area (Å²) in [6, 6.07) is 9.95. The van der Waals surface area contributed by atoms with E-state index in [9.17, 15) is 4.39 Å². The Labute approximate surface area is 127 Å². The van der Waals surface area contributed by atoms with Gasteiger partial charge in [-0.05, 0) is 36.4 Å². The van der Waals surface area contributed by atoms with Crippen molar-refractivity contribution in [2.75, 3.05) is 20.3 Å². The molecule has 0 fully saturated rings. The highest BCUT2D eigenvalue weighted by molar-refractivity contribution is 5.76. The monoisotopic (exact) mass is 301 g/mol. The molecule has 114 valence electrons. The minimum absolute atomic E-state index is 0.277. The molecule has 0 unspecified atom stereocenters. The second-order valence-electron chi connectivity index (χ2n) is 4.75. The van der Waals surface area contributed by atoms with Crippen molar-refractivity contribution >= 4 is 11.2 Å². The van der Waals surface area contributed by atoms with E-state index < -0.39 is 0 Å². The van der Waals surface area contributed by atoms with Gasteiger partial charge in [0, 0.05) is 18.9 Å². The van der Waals surface area contributed by atoms with Crippen molar-refractivity contribution in [3.05, 3.63) is 48.4 Å². The van der Waals surface area contributed by atoms with Gasteiger partial charge in [0.05, 0.1) is 13.2 Å². The molecule has 0 saturated heterocycles. The van der Waals surface area contributed by atoms with E-state index in [0.29, 0.717) is 25.8 Å². The van der Waals surface area contributed by atoms with Gasteiger partial charge in [-0.25, -0.2) is 14.4 Å². The van der Waals surface area contributed by atoms with Gasteiger partial charge < -0.3 is 9.47 Å². The second-order valence-corrected chi connectivity index (χ2v) is 4.75. The van der Waals surface area contributed by atoms with Crippen molar-refractivity contribution in [1.82, 2.24) is 14.5 Å². The Balaban J connectivity index is 1.98. The van der Waals surface area contributed by atoms with Crippen LogP contribution in [0.3, 0.4) is 0 Å². The highest BCUT2D eigenvalue weighted by Gasteiger charge is 2.13. The molecule has 0 bridgehead atoms. The number of benzene rings is 1. The van der Waals surface area contributed by atoms with Crippen LogP contribution >= 0.6 is 0 Å². The third kappa shape index (κ3) is 2.98. The largest absolute Gasteiger partial charge is 0.382 e. The Morgan fingerprint density at radius 1 is 1.14 bits per heavy atom. The van der Waals surface area contributed by atoms with Crippen LogP contribution in [0.5, 0.6) is 0 Å². The van der Waals surface area contributed by atoms with Crippen LogP contribution in [0.4, 0.5) is 4.39 Å². The molecule has 22 heavy (non-hydrogen) atoms. The first-order chi connectivity index (χ1) is 10.8. The van der Waals surface area contributed by atoms with Gasteiger partial charge in [0.15, 0.2) is 5.65 Å². The van der Waals surface area contributed by atoms with Gasteiger partial charge in [0.2, 0.25) is 0 Å². The lowest BCUT2D eigenvalue weighted by Gasteiger charge is -2.09. The average molecular weight is 301 g/mol. The van der Waals surface area contributed by atoms with Gasteiger partial charge in [-0.15, -0.1) is 0 Å². The predicted molar refractivity (Wildman–Crippen MR) is 80.8 cm³/mol. The third-order valence-electron chi connectivity index (χ3n) is 3.26. The number of imidazole rings is 1. The summed E-state index contributed by atoms with van der Waals surface area (Å²) in [4.78, 5) is 8.94. The molecule has 0 saturated carbocycles. The minimum atomic E-state index is -0.277. The Morgan fingerprint density at radius 2 is 1.95 bits per heavy atom. The van der Waals surface area contributed by atoms with Crippen LogP contribution in [0.2, 0.25) is 0 Å². The number of rotatable bonds is 6. The van der Waals surface area contributed by atoms with E-state index in [1.165, 1.54) is 12.1 Å². The lowest BCUT2D eigenvalue weighted by Crippen LogP contribution is -2.09. The molecule has 0 aliphatic rings. The molecule has 3 aromatic rings. The SMILES string of the molecule is COCCOCn1c(-c2ccc(F)cc2)nc2cccnc21. The zero-order chi connectivity index (χ0) is 15.4. The number of fused-ring (bicyclic) bond motifs is 1. The molecule has 3 rings (SSSR count). The van der Waals surface area contributed by atoms with Crippen molar-refractivity contribution in [2.45, 2.75) is 6.73 Å². The molecular weight excluding hydrogens is 285 g/mol. The molecule has 0 aliphatic heterocycles. The van der Waals surface area contributed by atoms with Gasteiger partial charge in [-0.3, -0.25) is 4.57 Å². The quantitative estimate of drug-likeness (QED) is 0.657. The van der Waals surface area contributed by atoms with Crippen LogP contribution < -0.4 is 0 Å². The summed E-state index contributed by atoms with van der Waals surface area (Å²) in [5, 5.41) is 0. The fraction of sp³-hybridized carbons (Fsp3) is 0.250. The summed E-state index contributed by atoms with van der Waals surface area (Å²) in [7, 11) is 1.63. The van der Waals surface area contributed by atoms with Crippen LogP contribution in [0.15, 0.2) is 42.6 Å². The van der Waals surface area contributed by atoms with Crippen LogP contribution in [0.25, 0.3) is 22.6 Å². The molecular formula is C16H16FN3O2. The molecule has 0 amide bonds. The first kappa shape index (κ1) is 14.6. The molecule has 0 spiro atoms. The minimum Gasteiger partial charge on any atom is -0.382 e. The van der Waals surface area contributed by atoms with Gasteiger partial charge in [-0.2, -0.15) is 0 Å². The van der Waals surface area contributed by atoms with Gasteiger partial charge in [-0.1, -0.05) is 0 Å². The van der Waals surface area contributed by atoms with Gasteiger partial charge >= 0.3 is 0 Å². The normalized spacial score (nSPS) is 11.2. The van der Waals surface area contributed by atoms with Gasteiger partial charge in [0.25, 0.3) is 0 Å². The Kier molecular flexibility index (Phi) is 4.41. The fourth-order valence-corrected chi connectivity index (χ4v) is 2.20. The van der Waals surface area contributed by atoms with Crippen LogP contribution in [0.1, 0.15) is 0 Å². The summed E-state index contributed by atoms with van der Waals surface area (Å²) >= 11 is 0. The van der Waals surface area contributed by atoms with E-state index in [1.54, 1.807) is 25.4 Å². The Hall–Kier alpha value is -2.31.